The number of rotatable bonds is 47. The maximum absolute atomic E-state index is 13.6. The molecule has 0 saturated carbocycles. The predicted molar refractivity (Wildman–Crippen MR) is 289 cm³/mol. The molecule has 2 fully saturated rings. The Bertz CT molecular complexity index is 1390. The summed E-state index contributed by atoms with van der Waals surface area (Å²) in [5.41, 5.74) is 0. The summed E-state index contributed by atoms with van der Waals surface area (Å²) in [6.07, 6.45) is 36.3. The lowest BCUT2D eigenvalue weighted by Gasteiger charge is -2.23. The van der Waals surface area contributed by atoms with Gasteiger partial charge in [0.2, 0.25) is 0 Å². The van der Waals surface area contributed by atoms with Gasteiger partial charge in [0.05, 0.1) is 40.8 Å². The molecule has 0 spiro atoms. The van der Waals surface area contributed by atoms with E-state index in [9.17, 15) is 24.0 Å². The van der Waals surface area contributed by atoms with Crippen molar-refractivity contribution in [2.45, 2.75) is 276 Å². The van der Waals surface area contributed by atoms with E-state index in [-0.39, 0.29) is 48.5 Å². The van der Waals surface area contributed by atoms with E-state index >= 15 is 0 Å². The average Bonchev–Trinajstić information content (AvgIpc) is 3.97. The number of nitrogens with zero attached hydrogens (tertiary/aromatic N) is 3. The van der Waals surface area contributed by atoms with Crippen molar-refractivity contribution < 1.29 is 52.1 Å². The molecular formula is C59H110N3O10+. The van der Waals surface area contributed by atoms with Gasteiger partial charge in [-0.1, -0.05) is 162 Å². The molecule has 0 bridgehead atoms. The van der Waals surface area contributed by atoms with E-state index < -0.39 is 12.1 Å². The summed E-state index contributed by atoms with van der Waals surface area (Å²) in [6.45, 7) is 10.8. The van der Waals surface area contributed by atoms with Crippen LogP contribution in [-0.2, 0) is 47.7 Å². The molecule has 3 atom stereocenters. The fourth-order valence-electron chi connectivity index (χ4n) is 10.1. The van der Waals surface area contributed by atoms with E-state index in [1.807, 2.05) is 21.1 Å². The van der Waals surface area contributed by atoms with Crippen LogP contribution in [0.5, 0.6) is 0 Å². The molecule has 2 aliphatic heterocycles. The van der Waals surface area contributed by atoms with Crippen LogP contribution in [0.4, 0.5) is 0 Å². The van der Waals surface area contributed by atoms with Crippen LogP contribution in [0.15, 0.2) is 0 Å². The minimum Gasteiger partial charge on any atom is -0.466 e. The van der Waals surface area contributed by atoms with Crippen LogP contribution in [0.2, 0.25) is 0 Å². The Morgan fingerprint density at radius 2 is 0.972 bits per heavy atom. The first-order chi connectivity index (χ1) is 34.8. The molecule has 0 radical (unpaired) electrons. The first-order valence-electron chi connectivity index (χ1n) is 30.0. The molecule has 0 N–H and O–H groups in total. The molecule has 13 nitrogen and oxygen atoms in total. The number of ether oxygens (including phenoxy) is 5. The smallest absolute Gasteiger partial charge is 0.362 e. The number of likely N-dealkylation sites (N-methyl/N-ethyl adjacent to an activating group) is 1. The summed E-state index contributed by atoms with van der Waals surface area (Å²) >= 11 is 0. The van der Waals surface area contributed by atoms with Crippen LogP contribution in [0.3, 0.4) is 0 Å². The molecule has 2 heterocycles. The maximum atomic E-state index is 13.6. The lowest BCUT2D eigenvalue weighted by Crippen LogP contribution is -2.41. The lowest BCUT2D eigenvalue weighted by molar-refractivity contribution is -0.862. The van der Waals surface area contributed by atoms with Crippen molar-refractivity contribution in [2.24, 2.45) is 0 Å². The summed E-state index contributed by atoms with van der Waals surface area (Å²) in [5.74, 6) is -0.987. The molecule has 0 aromatic carbocycles. The van der Waals surface area contributed by atoms with Gasteiger partial charge in [-0.15, -0.1) is 0 Å². The highest BCUT2D eigenvalue weighted by Crippen LogP contribution is 2.25. The van der Waals surface area contributed by atoms with Crippen molar-refractivity contribution in [3.8, 4) is 0 Å². The summed E-state index contributed by atoms with van der Waals surface area (Å²) < 4.78 is 29.6. The molecule has 0 aliphatic carbocycles. The monoisotopic (exact) mass is 1020 g/mol. The number of hydrogen-bond acceptors (Lipinski definition) is 12. The topological polar surface area (TPSA) is 138 Å². The zero-order chi connectivity index (χ0) is 52.5. The minimum atomic E-state index is -0.498. The van der Waals surface area contributed by atoms with Gasteiger partial charge in [0.15, 0.2) is 6.54 Å². The van der Waals surface area contributed by atoms with Gasteiger partial charge in [-0.3, -0.25) is 29.0 Å². The quantitative estimate of drug-likeness (QED) is 0.0248. The number of unbranched alkanes of at least 4 members (excludes halogenated alkanes) is 24. The van der Waals surface area contributed by atoms with Crippen molar-refractivity contribution in [1.82, 2.24) is 9.80 Å². The normalized spacial score (nSPS) is 17.4. The van der Waals surface area contributed by atoms with Gasteiger partial charge in [-0.2, -0.15) is 0 Å². The second-order valence-corrected chi connectivity index (χ2v) is 22.5. The highest BCUT2D eigenvalue weighted by atomic mass is 16.6. The summed E-state index contributed by atoms with van der Waals surface area (Å²) in [5, 5.41) is 0. The summed E-state index contributed by atoms with van der Waals surface area (Å²) in [4.78, 5) is 68.6. The first kappa shape index (κ1) is 65.3. The molecule has 0 aromatic heterocycles. The van der Waals surface area contributed by atoms with Gasteiger partial charge in [0.25, 0.3) is 0 Å². The SMILES string of the molecule is CCCCCCCCCCCOC(=O)CCCCCN1C[C@@H](OC(=O)CCN2CC[C@H](OC(=O)C[N+](C)(C)C)C2)C[C@H]1C(=O)OCCCCCCCC(=O)OC(CCCCCCCC)CCCCCCCC. The lowest BCUT2D eigenvalue weighted by atomic mass is 10.0. The number of likely N-dealkylation sites (tertiary alicyclic amines) is 2. The number of carbonyl (C=O) groups is 5. The molecular weight excluding hydrogens is 911 g/mol. The minimum absolute atomic E-state index is 0.0455. The Hall–Kier alpha value is -2.77. The Morgan fingerprint density at radius 1 is 0.486 bits per heavy atom. The molecule has 0 amide bonds. The molecule has 2 rings (SSSR count). The van der Waals surface area contributed by atoms with Crippen molar-refractivity contribution in [2.75, 3.05) is 73.6 Å². The summed E-state index contributed by atoms with van der Waals surface area (Å²) in [7, 11) is 5.87. The second kappa shape index (κ2) is 42.5. The van der Waals surface area contributed by atoms with Gasteiger partial charge in [0.1, 0.15) is 24.4 Å². The molecule has 13 heteroatoms. The van der Waals surface area contributed by atoms with E-state index in [2.05, 4.69) is 30.6 Å². The number of hydrogen-bond donors (Lipinski definition) is 0. The van der Waals surface area contributed by atoms with E-state index in [1.165, 1.54) is 109 Å². The molecule has 0 unspecified atom stereocenters. The van der Waals surface area contributed by atoms with Gasteiger partial charge < -0.3 is 28.2 Å². The Morgan fingerprint density at radius 3 is 1.54 bits per heavy atom. The van der Waals surface area contributed by atoms with E-state index in [1.54, 1.807) is 0 Å². The average molecular weight is 1020 g/mol. The van der Waals surface area contributed by atoms with Gasteiger partial charge in [-0.05, 0) is 70.8 Å². The van der Waals surface area contributed by atoms with Crippen molar-refractivity contribution >= 4 is 29.8 Å². The fraction of sp³-hybridized carbons (Fsp3) is 0.915. The molecule has 420 valence electrons. The summed E-state index contributed by atoms with van der Waals surface area (Å²) in [6, 6.07) is -0.498. The van der Waals surface area contributed by atoms with E-state index in [0.717, 1.165) is 103 Å². The predicted octanol–water partition coefficient (Wildman–Crippen LogP) is 12.6. The van der Waals surface area contributed by atoms with Crippen LogP contribution in [0, 0.1) is 0 Å². The van der Waals surface area contributed by atoms with Gasteiger partial charge in [-0.25, -0.2) is 4.79 Å². The van der Waals surface area contributed by atoms with Crippen LogP contribution < -0.4 is 0 Å². The third-order valence-electron chi connectivity index (χ3n) is 14.4. The molecule has 2 aliphatic rings. The molecule has 72 heavy (non-hydrogen) atoms. The Labute approximate surface area is 440 Å². The van der Waals surface area contributed by atoms with Gasteiger partial charge >= 0.3 is 29.8 Å². The van der Waals surface area contributed by atoms with Crippen molar-refractivity contribution in [3.05, 3.63) is 0 Å². The zero-order valence-electron chi connectivity index (χ0n) is 47.3. The van der Waals surface area contributed by atoms with Crippen LogP contribution in [0.25, 0.3) is 0 Å². The second-order valence-electron chi connectivity index (χ2n) is 22.5. The highest BCUT2D eigenvalue weighted by Gasteiger charge is 2.39. The fourth-order valence-corrected chi connectivity index (χ4v) is 10.1. The third kappa shape index (κ3) is 35.4. The Kier molecular flexibility index (Phi) is 38.5. The van der Waals surface area contributed by atoms with Crippen LogP contribution >= 0.6 is 0 Å². The van der Waals surface area contributed by atoms with Crippen molar-refractivity contribution in [1.29, 1.82) is 0 Å². The zero-order valence-corrected chi connectivity index (χ0v) is 47.3. The van der Waals surface area contributed by atoms with Crippen LogP contribution in [-0.4, -0.2) is 142 Å². The highest BCUT2D eigenvalue weighted by molar-refractivity contribution is 5.76. The Balaban J connectivity index is 1.76. The maximum Gasteiger partial charge on any atom is 0.362 e. The van der Waals surface area contributed by atoms with Crippen molar-refractivity contribution in [3.63, 3.8) is 0 Å². The van der Waals surface area contributed by atoms with Crippen LogP contribution in [0.1, 0.15) is 252 Å². The van der Waals surface area contributed by atoms with E-state index in [4.69, 9.17) is 23.7 Å². The number of quaternary nitrogens is 1. The van der Waals surface area contributed by atoms with E-state index in [0.29, 0.717) is 69.7 Å². The first-order valence-corrected chi connectivity index (χ1v) is 30.0. The number of carbonyl (C=O) groups excluding carboxylic acids is 5. The largest absolute Gasteiger partial charge is 0.466 e. The van der Waals surface area contributed by atoms with Gasteiger partial charge in [0, 0.05) is 45.4 Å². The standard InChI is InChI=1S/C59H110N3O10/c1-7-10-13-16-19-20-21-26-34-45-68-55(63)38-32-28-33-42-61-49-53(72-57(65)41-44-60-43-40-52(48-60)71-58(66)50-62(4,5)6)47-54(61)59(67)69-46-35-27-22-25-31-39-56(64)70-51(36-29-23-17-14-11-8-2)37-30-24-18-15-12-9-3/h51-54H,7-50H2,1-6H3/q+1/t52-,53-,54-/m0/s1. The number of esters is 5. The molecule has 0 aromatic rings. The molecule has 2 saturated heterocycles. The third-order valence-corrected chi connectivity index (χ3v) is 14.4.